The van der Waals surface area contributed by atoms with Gasteiger partial charge in [-0.2, -0.15) is 0 Å². The molecule has 0 N–H and O–H groups in total. The SMILES string of the molecule is CCOC(=O)C1(CC)C=CC=CC1OC. The monoisotopic (exact) mass is 210 g/mol. The second-order valence-electron chi connectivity index (χ2n) is 3.51. The number of carbonyl (C=O) groups excluding carboxylic acids is 1. The van der Waals surface area contributed by atoms with Crippen molar-refractivity contribution in [2.24, 2.45) is 5.41 Å². The lowest BCUT2D eigenvalue weighted by Gasteiger charge is -2.34. The Labute approximate surface area is 90.8 Å². The standard InChI is InChI=1S/C12H18O3/c1-4-12(11(13)15-5-2)9-7-6-8-10(12)14-3/h6-10H,4-5H2,1-3H3. The summed E-state index contributed by atoms with van der Waals surface area (Å²) in [6.07, 6.45) is 7.97. The molecule has 15 heavy (non-hydrogen) atoms. The molecule has 0 bridgehead atoms. The Morgan fingerprint density at radius 2 is 2.13 bits per heavy atom. The van der Waals surface area contributed by atoms with Crippen LogP contribution in [0.1, 0.15) is 20.3 Å². The van der Waals surface area contributed by atoms with Crippen molar-refractivity contribution in [3.63, 3.8) is 0 Å². The van der Waals surface area contributed by atoms with E-state index in [1.807, 2.05) is 38.2 Å². The van der Waals surface area contributed by atoms with Crippen molar-refractivity contribution >= 4 is 5.97 Å². The Kier molecular flexibility index (Phi) is 4.09. The Morgan fingerprint density at radius 1 is 1.40 bits per heavy atom. The van der Waals surface area contributed by atoms with Crippen LogP contribution >= 0.6 is 0 Å². The Balaban J connectivity index is 2.95. The first kappa shape index (κ1) is 12.0. The van der Waals surface area contributed by atoms with E-state index < -0.39 is 5.41 Å². The highest BCUT2D eigenvalue weighted by atomic mass is 16.5. The number of carbonyl (C=O) groups is 1. The molecule has 0 aromatic carbocycles. The van der Waals surface area contributed by atoms with E-state index in [-0.39, 0.29) is 12.1 Å². The molecule has 0 saturated heterocycles. The fourth-order valence-electron chi connectivity index (χ4n) is 1.86. The second kappa shape index (κ2) is 5.12. The maximum atomic E-state index is 11.9. The molecular formula is C12H18O3. The Hall–Kier alpha value is -1.09. The van der Waals surface area contributed by atoms with Crippen LogP contribution in [0.15, 0.2) is 24.3 Å². The van der Waals surface area contributed by atoms with Crippen LogP contribution < -0.4 is 0 Å². The third kappa shape index (κ3) is 2.12. The molecule has 2 atom stereocenters. The van der Waals surface area contributed by atoms with Crippen molar-refractivity contribution in [2.45, 2.75) is 26.4 Å². The summed E-state index contributed by atoms with van der Waals surface area (Å²) < 4.78 is 10.4. The third-order valence-electron chi connectivity index (χ3n) is 2.79. The van der Waals surface area contributed by atoms with Crippen molar-refractivity contribution in [3.05, 3.63) is 24.3 Å². The number of allylic oxidation sites excluding steroid dienone is 2. The molecule has 0 amide bonds. The van der Waals surface area contributed by atoms with Crippen LogP contribution in [-0.4, -0.2) is 25.8 Å². The maximum Gasteiger partial charge on any atom is 0.318 e. The van der Waals surface area contributed by atoms with Gasteiger partial charge in [-0.1, -0.05) is 31.2 Å². The molecule has 0 aromatic heterocycles. The molecule has 0 heterocycles. The van der Waals surface area contributed by atoms with Gasteiger partial charge in [-0.3, -0.25) is 4.79 Å². The zero-order valence-electron chi connectivity index (χ0n) is 9.53. The fraction of sp³-hybridized carbons (Fsp3) is 0.583. The summed E-state index contributed by atoms with van der Waals surface area (Å²) in [6, 6.07) is 0. The smallest absolute Gasteiger partial charge is 0.318 e. The van der Waals surface area contributed by atoms with Gasteiger partial charge in [0, 0.05) is 7.11 Å². The van der Waals surface area contributed by atoms with Gasteiger partial charge in [0.15, 0.2) is 0 Å². The molecular weight excluding hydrogens is 192 g/mol. The Bertz CT molecular complexity index is 281. The van der Waals surface area contributed by atoms with E-state index in [4.69, 9.17) is 9.47 Å². The highest BCUT2D eigenvalue weighted by molar-refractivity contribution is 5.81. The number of rotatable bonds is 4. The largest absolute Gasteiger partial charge is 0.465 e. The van der Waals surface area contributed by atoms with Crippen molar-refractivity contribution in [1.29, 1.82) is 0 Å². The highest BCUT2D eigenvalue weighted by Crippen LogP contribution is 2.35. The molecule has 2 unspecified atom stereocenters. The van der Waals surface area contributed by atoms with Crippen LogP contribution in [0.2, 0.25) is 0 Å². The summed E-state index contributed by atoms with van der Waals surface area (Å²) in [5.74, 6) is -0.208. The lowest BCUT2D eigenvalue weighted by molar-refractivity contribution is -0.158. The van der Waals surface area contributed by atoms with Gasteiger partial charge >= 0.3 is 5.97 Å². The summed E-state index contributed by atoms with van der Waals surface area (Å²) >= 11 is 0. The molecule has 0 saturated carbocycles. The second-order valence-corrected chi connectivity index (χ2v) is 3.51. The molecule has 0 fully saturated rings. The summed E-state index contributed by atoms with van der Waals surface area (Å²) in [4.78, 5) is 11.9. The van der Waals surface area contributed by atoms with Crippen LogP contribution in [0, 0.1) is 5.41 Å². The van der Waals surface area contributed by atoms with Crippen molar-refractivity contribution in [2.75, 3.05) is 13.7 Å². The molecule has 0 aromatic rings. The summed E-state index contributed by atoms with van der Waals surface area (Å²) in [5.41, 5.74) is -0.653. The van der Waals surface area contributed by atoms with Gasteiger partial charge in [0.05, 0.1) is 12.7 Å². The number of ether oxygens (including phenoxy) is 2. The first-order valence-corrected chi connectivity index (χ1v) is 5.27. The first-order valence-electron chi connectivity index (χ1n) is 5.27. The topological polar surface area (TPSA) is 35.5 Å². The molecule has 0 spiro atoms. The maximum absolute atomic E-state index is 11.9. The zero-order valence-corrected chi connectivity index (χ0v) is 9.53. The quantitative estimate of drug-likeness (QED) is 0.666. The minimum Gasteiger partial charge on any atom is -0.465 e. The normalized spacial score (nSPS) is 29.1. The van der Waals surface area contributed by atoms with Gasteiger partial charge in [0.1, 0.15) is 5.41 Å². The number of hydrogen-bond donors (Lipinski definition) is 0. The minimum absolute atomic E-state index is 0.208. The average Bonchev–Trinajstić information content (AvgIpc) is 2.29. The predicted octanol–water partition coefficient (Wildman–Crippen LogP) is 2.09. The van der Waals surface area contributed by atoms with Gasteiger partial charge in [0.2, 0.25) is 0 Å². The molecule has 84 valence electrons. The van der Waals surface area contributed by atoms with Gasteiger partial charge in [-0.05, 0) is 13.3 Å². The number of esters is 1. The molecule has 3 nitrogen and oxygen atoms in total. The van der Waals surface area contributed by atoms with Crippen molar-refractivity contribution < 1.29 is 14.3 Å². The van der Waals surface area contributed by atoms with Crippen LogP contribution in [-0.2, 0) is 14.3 Å². The van der Waals surface area contributed by atoms with Crippen molar-refractivity contribution in [3.8, 4) is 0 Å². The average molecular weight is 210 g/mol. The van der Waals surface area contributed by atoms with Crippen LogP contribution in [0.5, 0.6) is 0 Å². The van der Waals surface area contributed by atoms with E-state index in [2.05, 4.69) is 0 Å². The lowest BCUT2D eigenvalue weighted by Crippen LogP contribution is -2.42. The number of hydrogen-bond acceptors (Lipinski definition) is 3. The van der Waals surface area contributed by atoms with E-state index >= 15 is 0 Å². The van der Waals surface area contributed by atoms with E-state index in [1.165, 1.54) is 0 Å². The van der Waals surface area contributed by atoms with Crippen LogP contribution in [0.3, 0.4) is 0 Å². The summed E-state index contributed by atoms with van der Waals surface area (Å²) in [7, 11) is 1.61. The molecule has 1 aliphatic rings. The van der Waals surface area contributed by atoms with Crippen LogP contribution in [0.25, 0.3) is 0 Å². The number of methoxy groups -OCH3 is 1. The van der Waals surface area contributed by atoms with E-state index in [0.717, 1.165) is 0 Å². The Morgan fingerprint density at radius 3 is 2.67 bits per heavy atom. The molecule has 3 heteroatoms. The molecule has 1 aliphatic carbocycles. The lowest BCUT2D eigenvalue weighted by atomic mass is 9.77. The summed E-state index contributed by atoms with van der Waals surface area (Å²) in [6.45, 7) is 4.17. The fourth-order valence-corrected chi connectivity index (χ4v) is 1.86. The van der Waals surface area contributed by atoms with Gasteiger partial charge in [-0.25, -0.2) is 0 Å². The zero-order chi connectivity index (χ0) is 11.3. The van der Waals surface area contributed by atoms with Gasteiger partial charge in [-0.15, -0.1) is 0 Å². The van der Waals surface area contributed by atoms with Gasteiger partial charge in [0.25, 0.3) is 0 Å². The first-order chi connectivity index (χ1) is 7.21. The molecule has 0 radical (unpaired) electrons. The predicted molar refractivity (Wildman–Crippen MR) is 58.4 cm³/mol. The van der Waals surface area contributed by atoms with E-state index in [9.17, 15) is 4.79 Å². The van der Waals surface area contributed by atoms with E-state index in [1.54, 1.807) is 7.11 Å². The highest BCUT2D eigenvalue weighted by Gasteiger charge is 2.43. The van der Waals surface area contributed by atoms with Gasteiger partial charge < -0.3 is 9.47 Å². The minimum atomic E-state index is -0.653. The summed E-state index contributed by atoms with van der Waals surface area (Å²) in [5, 5.41) is 0. The molecule has 0 aliphatic heterocycles. The van der Waals surface area contributed by atoms with Crippen molar-refractivity contribution in [1.82, 2.24) is 0 Å². The molecule has 1 rings (SSSR count). The van der Waals surface area contributed by atoms with E-state index in [0.29, 0.717) is 13.0 Å². The van der Waals surface area contributed by atoms with Crippen LogP contribution in [0.4, 0.5) is 0 Å². The third-order valence-corrected chi connectivity index (χ3v) is 2.79.